The van der Waals surface area contributed by atoms with Gasteiger partial charge in [0.05, 0.1) is 5.02 Å². The molecule has 2 rings (SSSR count). The number of nitrogens with one attached hydrogen (secondary N) is 1. The first-order chi connectivity index (χ1) is 9.15. The fraction of sp³-hybridized carbons (Fsp3) is 0.600. The second kappa shape index (κ2) is 7.22. The van der Waals surface area contributed by atoms with Crippen LogP contribution in [-0.4, -0.2) is 31.6 Å². The first-order valence-corrected chi connectivity index (χ1v) is 7.36. The van der Waals surface area contributed by atoms with Gasteiger partial charge in [0.25, 0.3) is 0 Å². The normalized spacial score (nSPS) is 17.8. The van der Waals surface area contributed by atoms with E-state index in [0.29, 0.717) is 6.54 Å². The number of nitrogens with zero attached hydrogens (tertiary/aromatic N) is 1. The van der Waals surface area contributed by atoms with Crippen LogP contribution in [0.3, 0.4) is 0 Å². The van der Waals surface area contributed by atoms with Crippen molar-refractivity contribution in [3.8, 4) is 0 Å². The molecular formula is C15H22ClFN2. The molecule has 1 fully saturated rings. The Morgan fingerprint density at radius 2 is 2.11 bits per heavy atom. The van der Waals surface area contributed by atoms with Crippen LogP contribution >= 0.6 is 11.6 Å². The number of benzene rings is 1. The van der Waals surface area contributed by atoms with Gasteiger partial charge in [-0.3, -0.25) is 0 Å². The van der Waals surface area contributed by atoms with Gasteiger partial charge in [-0.2, -0.15) is 0 Å². The molecule has 0 amide bonds. The topological polar surface area (TPSA) is 15.3 Å². The summed E-state index contributed by atoms with van der Waals surface area (Å²) in [5.41, 5.74) is 0.949. The van der Waals surface area contributed by atoms with Crippen LogP contribution in [0.15, 0.2) is 18.2 Å². The number of piperidine rings is 1. The van der Waals surface area contributed by atoms with Gasteiger partial charge in [0.15, 0.2) is 0 Å². The Hall–Kier alpha value is -0.640. The van der Waals surface area contributed by atoms with Crippen LogP contribution in [0.2, 0.25) is 5.02 Å². The summed E-state index contributed by atoms with van der Waals surface area (Å²) in [7, 11) is 2.18. The van der Waals surface area contributed by atoms with Crippen LogP contribution in [0.4, 0.5) is 4.39 Å². The lowest BCUT2D eigenvalue weighted by Gasteiger charge is -2.28. The Morgan fingerprint density at radius 1 is 1.37 bits per heavy atom. The molecule has 0 bridgehead atoms. The predicted octanol–water partition coefficient (Wildman–Crippen LogP) is 3.30. The molecule has 1 heterocycles. The van der Waals surface area contributed by atoms with Crippen molar-refractivity contribution in [2.75, 3.05) is 26.7 Å². The van der Waals surface area contributed by atoms with Gasteiger partial charge in [-0.15, -0.1) is 0 Å². The van der Waals surface area contributed by atoms with E-state index in [2.05, 4.69) is 17.3 Å². The Kier molecular flexibility index (Phi) is 5.61. The van der Waals surface area contributed by atoms with E-state index in [1.165, 1.54) is 38.4 Å². The summed E-state index contributed by atoms with van der Waals surface area (Å²) in [5, 5.41) is 3.57. The third-order valence-electron chi connectivity index (χ3n) is 3.88. The molecule has 4 heteroatoms. The number of halogens is 2. The molecule has 1 aliphatic rings. The van der Waals surface area contributed by atoms with Gasteiger partial charge in [-0.25, -0.2) is 4.39 Å². The third kappa shape index (κ3) is 4.75. The highest BCUT2D eigenvalue weighted by Gasteiger charge is 2.15. The molecule has 0 aliphatic carbocycles. The van der Waals surface area contributed by atoms with Gasteiger partial charge < -0.3 is 10.2 Å². The van der Waals surface area contributed by atoms with Gasteiger partial charge in [0.2, 0.25) is 0 Å². The van der Waals surface area contributed by atoms with E-state index < -0.39 is 0 Å². The van der Waals surface area contributed by atoms with E-state index >= 15 is 0 Å². The molecule has 0 unspecified atom stereocenters. The number of hydrogen-bond donors (Lipinski definition) is 1. The molecule has 2 nitrogen and oxygen atoms in total. The maximum atomic E-state index is 13.3. The summed E-state index contributed by atoms with van der Waals surface area (Å²) < 4.78 is 13.3. The summed E-state index contributed by atoms with van der Waals surface area (Å²) in [6.07, 6.45) is 3.81. The number of rotatable bonds is 5. The van der Waals surface area contributed by atoms with Crippen LogP contribution in [-0.2, 0) is 6.54 Å². The van der Waals surface area contributed by atoms with Crippen molar-refractivity contribution < 1.29 is 4.39 Å². The van der Waals surface area contributed by atoms with Gasteiger partial charge in [0.1, 0.15) is 5.82 Å². The lowest BCUT2D eigenvalue weighted by atomic mass is 9.94. The summed E-state index contributed by atoms with van der Waals surface area (Å²) in [6.45, 7) is 4.14. The average Bonchev–Trinajstić information content (AvgIpc) is 2.41. The van der Waals surface area contributed by atoms with Crippen molar-refractivity contribution in [1.29, 1.82) is 0 Å². The van der Waals surface area contributed by atoms with Crippen molar-refractivity contribution in [3.63, 3.8) is 0 Å². The van der Waals surface area contributed by atoms with Gasteiger partial charge in [-0.05, 0) is 69.6 Å². The van der Waals surface area contributed by atoms with E-state index in [-0.39, 0.29) is 10.8 Å². The standard InChI is InChI=1S/C15H22ClFN2/c1-19-8-5-12(6-9-19)4-7-18-11-13-2-3-14(16)15(17)10-13/h2-3,10,12,18H,4-9,11H2,1H3. The van der Waals surface area contributed by atoms with Crippen molar-refractivity contribution >= 4 is 11.6 Å². The van der Waals surface area contributed by atoms with Crippen molar-refractivity contribution in [2.45, 2.75) is 25.8 Å². The summed E-state index contributed by atoms with van der Waals surface area (Å²) in [4.78, 5) is 2.39. The molecule has 106 valence electrons. The van der Waals surface area contributed by atoms with E-state index in [0.717, 1.165) is 18.0 Å². The van der Waals surface area contributed by atoms with E-state index in [1.54, 1.807) is 6.07 Å². The zero-order valence-corrected chi connectivity index (χ0v) is 12.2. The molecule has 0 spiro atoms. The lowest BCUT2D eigenvalue weighted by molar-refractivity contribution is 0.211. The third-order valence-corrected chi connectivity index (χ3v) is 4.19. The minimum absolute atomic E-state index is 0.190. The fourth-order valence-corrected chi connectivity index (χ4v) is 2.66. The first kappa shape index (κ1) is 14.8. The van der Waals surface area contributed by atoms with Crippen LogP contribution in [0, 0.1) is 11.7 Å². The van der Waals surface area contributed by atoms with Gasteiger partial charge in [0, 0.05) is 6.54 Å². The zero-order chi connectivity index (χ0) is 13.7. The van der Waals surface area contributed by atoms with Crippen molar-refractivity contribution in [2.24, 2.45) is 5.92 Å². The van der Waals surface area contributed by atoms with E-state index in [4.69, 9.17) is 11.6 Å². The van der Waals surface area contributed by atoms with E-state index in [9.17, 15) is 4.39 Å². The molecule has 0 aromatic heterocycles. The lowest BCUT2D eigenvalue weighted by Crippen LogP contribution is -2.31. The molecule has 1 saturated heterocycles. The zero-order valence-electron chi connectivity index (χ0n) is 11.5. The second-order valence-corrected chi connectivity index (χ2v) is 5.87. The molecule has 0 atom stereocenters. The molecule has 1 aliphatic heterocycles. The van der Waals surface area contributed by atoms with E-state index in [1.807, 2.05) is 6.07 Å². The Balaban J connectivity index is 1.65. The molecular weight excluding hydrogens is 263 g/mol. The first-order valence-electron chi connectivity index (χ1n) is 6.98. The Bertz CT molecular complexity index is 403. The molecule has 1 N–H and O–H groups in total. The second-order valence-electron chi connectivity index (χ2n) is 5.46. The SMILES string of the molecule is CN1CCC(CCNCc2ccc(Cl)c(F)c2)CC1. The van der Waals surface area contributed by atoms with Crippen LogP contribution in [0.1, 0.15) is 24.8 Å². The van der Waals surface area contributed by atoms with Crippen LogP contribution in [0.25, 0.3) is 0 Å². The predicted molar refractivity (Wildman–Crippen MR) is 78.0 cm³/mol. The molecule has 1 aromatic rings. The number of likely N-dealkylation sites (tertiary alicyclic amines) is 1. The highest BCUT2D eigenvalue weighted by Crippen LogP contribution is 2.19. The number of hydrogen-bond acceptors (Lipinski definition) is 2. The monoisotopic (exact) mass is 284 g/mol. The van der Waals surface area contributed by atoms with Crippen LogP contribution < -0.4 is 5.32 Å². The molecule has 0 radical (unpaired) electrons. The average molecular weight is 285 g/mol. The van der Waals surface area contributed by atoms with Gasteiger partial charge in [-0.1, -0.05) is 17.7 Å². The van der Waals surface area contributed by atoms with Gasteiger partial charge >= 0.3 is 0 Å². The Morgan fingerprint density at radius 3 is 2.79 bits per heavy atom. The quantitative estimate of drug-likeness (QED) is 0.835. The summed E-state index contributed by atoms with van der Waals surface area (Å²) in [6, 6.07) is 4.99. The van der Waals surface area contributed by atoms with Crippen molar-refractivity contribution in [3.05, 3.63) is 34.6 Å². The largest absolute Gasteiger partial charge is 0.313 e. The maximum absolute atomic E-state index is 13.3. The smallest absolute Gasteiger partial charge is 0.142 e. The Labute approximate surface area is 119 Å². The maximum Gasteiger partial charge on any atom is 0.142 e. The minimum Gasteiger partial charge on any atom is -0.313 e. The minimum atomic E-state index is -0.337. The van der Waals surface area contributed by atoms with Crippen molar-refractivity contribution in [1.82, 2.24) is 10.2 Å². The fourth-order valence-electron chi connectivity index (χ4n) is 2.54. The highest BCUT2D eigenvalue weighted by molar-refractivity contribution is 6.30. The molecule has 0 saturated carbocycles. The summed E-state index contributed by atoms with van der Waals surface area (Å²) >= 11 is 5.66. The molecule has 1 aromatic carbocycles. The molecule has 19 heavy (non-hydrogen) atoms. The highest BCUT2D eigenvalue weighted by atomic mass is 35.5. The van der Waals surface area contributed by atoms with Crippen LogP contribution in [0.5, 0.6) is 0 Å². The summed E-state index contributed by atoms with van der Waals surface area (Å²) in [5.74, 6) is 0.502.